The Bertz CT molecular complexity index is 425. The first-order chi connectivity index (χ1) is 10.1. The minimum atomic E-state index is -1.05. The summed E-state index contributed by atoms with van der Waals surface area (Å²) in [4.78, 5) is 13.9. The number of aliphatic carboxylic acids is 1. The van der Waals surface area contributed by atoms with Crippen molar-refractivity contribution in [2.45, 2.75) is 18.9 Å². The fourth-order valence-corrected chi connectivity index (χ4v) is 2.31. The molecular weight excluding hydrogens is 268 g/mol. The molecule has 0 aliphatic heterocycles. The molecule has 0 radical (unpaired) electrons. The van der Waals surface area contributed by atoms with Crippen molar-refractivity contribution in [3.05, 3.63) is 35.9 Å². The molecule has 1 atom stereocenters. The molecule has 0 heterocycles. The monoisotopic (exact) mass is 294 g/mol. The van der Waals surface area contributed by atoms with Crippen molar-refractivity contribution < 1.29 is 14.6 Å². The minimum absolute atomic E-state index is 0.492. The number of hydrogen-bond donors (Lipinski definition) is 2. The molecule has 0 aliphatic rings. The van der Waals surface area contributed by atoms with E-state index in [4.69, 9.17) is 4.74 Å². The number of carboxylic acids is 1. The van der Waals surface area contributed by atoms with Crippen LogP contribution in [0.1, 0.15) is 18.9 Å². The van der Waals surface area contributed by atoms with Gasteiger partial charge in [0.2, 0.25) is 0 Å². The minimum Gasteiger partial charge on any atom is -0.480 e. The molecule has 1 aromatic carbocycles. The van der Waals surface area contributed by atoms with Gasteiger partial charge in [-0.3, -0.25) is 0 Å². The van der Waals surface area contributed by atoms with Gasteiger partial charge in [0.25, 0.3) is 0 Å². The highest BCUT2D eigenvalue weighted by molar-refractivity contribution is 5.80. The predicted octanol–water partition coefficient (Wildman–Crippen LogP) is 1.54. The van der Waals surface area contributed by atoms with Crippen molar-refractivity contribution in [1.82, 2.24) is 10.2 Å². The van der Waals surface area contributed by atoms with Crippen LogP contribution in [0, 0.1) is 0 Å². The van der Waals surface area contributed by atoms with E-state index in [0.717, 1.165) is 12.1 Å². The van der Waals surface area contributed by atoms with Gasteiger partial charge in [-0.25, -0.2) is 4.79 Å². The molecule has 1 aromatic rings. The van der Waals surface area contributed by atoms with Crippen molar-refractivity contribution in [3.8, 4) is 0 Å². The Kier molecular flexibility index (Phi) is 7.36. The first-order valence-electron chi connectivity index (χ1n) is 7.31. The standard InChI is InChI=1S/C16H26N2O3/c1-4-21-13-12-18(3)11-10-16(17-2,15(19)20)14-8-6-5-7-9-14/h5-9,17H,4,10-13H2,1-3H3,(H,19,20). The third-order valence-corrected chi connectivity index (χ3v) is 3.75. The number of nitrogens with one attached hydrogen (secondary N) is 1. The molecule has 118 valence electrons. The Morgan fingerprint density at radius 1 is 1.33 bits per heavy atom. The second kappa shape index (κ2) is 8.77. The summed E-state index contributed by atoms with van der Waals surface area (Å²) in [7, 11) is 3.67. The first-order valence-corrected chi connectivity index (χ1v) is 7.31. The third kappa shape index (κ3) is 4.81. The molecule has 5 heteroatoms. The summed E-state index contributed by atoms with van der Waals surface area (Å²) in [6.07, 6.45) is 0.492. The van der Waals surface area contributed by atoms with Gasteiger partial charge in [0, 0.05) is 19.7 Å². The van der Waals surface area contributed by atoms with Crippen LogP contribution in [0.3, 0.4) is 0 Å². The van der Waals surface area contributed by atoms with E-state index >= 15 is 0 Å². The molecule has 5 nitrogen and oxygen atoms in total. The van der Waals surface area contributed by atoms with Crippen LogP contribution >= 0.6 is 0 Å². The summed E-state index contributed by atoms with van der Waals surface area (Å²) in [5.74, 6) is -0.852. The average molecular weight is 294 g/mol. The average Bonchev–Trinajstić information content (AvgIpc) is 2.49. The molecule has 21 heavy (non-hydrogen) atoms. The Labute approximate surface area is 126 Å². The number of hydrogen-bond acceptors (Lipinski definition) is 4. The largest absolute Gasteiger partial charge is 0.480 e. The quantitative estimate of drug-likeness (QED) is 0.641. The summed E-state index contributed by atoms with van der Waals surface area (Å²) in [5.41, 5.74) is -0.278. The SMILES string of the molecule is CCOCCN(C)CCC(NC)(C(=O)O)c1ccccc1. The Morgan fingerprint density at radius 2 is 2.00 bits per heavy atom. The highest BCUT2D eigenvalue weighted by Crippen LogP contribution is 2.25. The molecule has 0 fully saturated rings. The number of rotatable bonds is 10. The van der Waals surface area contributed by atoms with Gasteiger partial charge in [0.1, 0.15) is 5.54 Å². The molecule has 1 unspecified atom stereocenters. The fourth-order valence-electron chi connectivity index (χ4n) is 2.31. The number of carbonyl (C=O) groups is 1. The fraction of sp³-hybridized carbons (Fsp3) is 0.562. The molecule has 0 bridgehead atoms. The third-order valence-electron chi connectivity index (χ3n) is 3.75. The molecular formula is C16H26N2O3. The van der Waals surface area contributed by atoms with E-state index in [1.807, 2.05) is 44.3 Å². The van der Waals surface area contributed by atoms with Gasteiger partial charge in [-0.2, -0.15) is 0 Å². The number of benzene rings is 1. The van der Waals surface area contributed by atoms with Crippen LogP contribution in [0.4, 0.5) is 0 Å². The summed E-state index contributed by atoms with van der Waals surface area (Å²) in [6.45, 7) is 4.80. The summed E-state index contributed by atoms with van der Waals surface area (Å²) < 4.78 is 5.32. The van der Waals surface area contributed by atoms with Crippen LogP contribution in [0.2, 0.25) is 0 Å². The summed E-state index contributed by atoms with van der Waals surface area (Å²) in [5, 5.41) is 12.7. The van der Waals surface area contributed by atoms with Crippen molar-refractivity contribution >= 4 is 5.97 Å². The second-order valence-corrected chi connectivity index (χ2v) is 5.08. The van der Waals surface area contributed by atoms with Crippen molar-refractivity contribution in [2.75, 3.05) is 40.4 Å². The Balaban J connectivity index is 2.74. The predicted molar refractivity (Wildman–Crippen MR) is 83.4 cm³/mol. The van der Waals surface area contributed by atoms with Crippen LogP contribution < -0.4 is 5.32 Å². The topological polar surface area (TPSA) is 61.8 Å². The van der Waals surface area contributed by atoms with Gasteiger partial charge in [-0.15, -0.1) is 0 Å². The van der Waals surface area contributed by atoms with E-state index < -0.39 is 11.5 Å². The number of ether oxygens (including phenoxy) is 1. The first kappa shape index (κ1) is 17.6. The highest BCUT2D eigenvalue weighted by Gasteiger charge is 2.38. The van der Waals surface area contributed by atoms with E-state index in [1.54, 1.807) is 7.05 Å². The molecule has 0 saturated carbocycles. The molecule has 0 aromatic heterocycles. The van der Waals surface area contributed by atoms with Gasteiger partial charge in [0.05, 0.1) is 6.61 Å². The van der Waals surface area contributed by atoms with Gasteiger partial charge in [-0.1, -0.05) is 30.3 Å². The van der Waals surface area contributed by atoms with Crippen LogP contribution in [0.5, 0.6) is 0 Å². The van der Waals surface area contributed by atoms with Gasteiger partial charge in [-0.05, 0) is 33.0 Å². The van der Waals surface area contributed by atoms with Crippen molar-refractivity contribution in [1.29, 1.82) is 0 Å². The van der Waals surface area contributed by atoms with E-state index in [0.29, 0.717) is 26.2 Å². The van der Waals surface area contributed by atoms with Crippen LogP contribution in [-0.4, -0.2) is 56.4 Å². The second-order valence-electron chi connectivity index (χ2n) is 5.08. The van der Waals surface area contributed by atoms with Crippen LogP contribution in [-0.2, 0) is 15.1 Å². The maximum atomic E-state index is 11.8. The smallest absolute Gasteiger partial charge is 0.328 e. The number of nitrogens with zero attached hydrogens (tertiary/aromatic N) is 1. The zero-order valence-electron chi connectivity index (χ0n) is 13.1. The van der Waals surface area contributed by atoms with Gasteiger partial charge >= 0.3 is 5.97 Å². The zero-order valence-corrected chi connectivity index (χ0v) is 13.1. The summed E-state index contributed by atoms with van der Waals surface area (Å²) in [6, 6.07) is 9.32. The molecule has 2 N–H and O–H groups in total. The van der Waals surface area contributed by atoms with E-state index in [9.17, 15) is 9.90 Å². The lowest BCUT2D eigenvalue weighted by molar-refractivity contribution is -0.145. The van der Waals surface area contributed by atoms with Crippen LogP contribution in [0.15, 0.2) is 30.3 Å². The molecule has 0 amide bonds. The molecule has 0 aliphatic carbocycles. The molecule has 1 rings (SSSR count). The zero-order chi connectivity index (χ0) is 15.7. The lowest BCUT2D eigenvalue weighted by atomic mass is 9.86. The highest BCUT2D eigenvalue weighted by atomic mass is 16.5. The normalized spacial score (nSPS) is 14.1. The Morgan fingerprint density at radius 3 is 2.52 bits per heavy atom. The van der Waals surface area contributed by atoms with E-state index in [1.165, 1.54) is 0 Å². The van der Waals surface area contributed by atoms with Crippen LogP contribution in [0.25, 0.3) is 0 Å². The van der Waals surface area contributed by atoms with E-state index in [-0.39, 0.29) is 0 Å². The van der Waals surface area contributed by atoms with Crippen molar-refractivity contribution in [2.24, 2.45) is 0 Å². The maximum absolute atomic E-state index is 11.8. The summed E-state index contributed by atoms with van der Waals surface area (Å²) >= 11 is 0. The van der Waals surface area contributed by atoms with Gasteiger partial charge < -0.3 is 20.1 Å². The Hall–Kier alpha value is -1.43. The van der Waals surface area contributed by atoms with Gasteiger partial charge in [0.15, 0.2) is 0 Å². The lowest BCUT2D eigenvalue weighted by Gasteiger charge is -2.31. The maximum Gasteiger partial charge on any atom is 0.328 e. The molecule has 0 saturated heterocycles. The number of likely N-dealkylation sites (N-methyl/N-ethyl adjacent to an activating group) is 2. The number of carboxylic acid groups (broad SMARTS) is 1. The van der Waals surface area contributed by atoms with Crippen molar-refractivity contribution in [3.63, 3.8) is 0 Å². The van der Waals surface area contributed by atoms with E-state index in [2.05, 4.69) is 10.2 Å². The lowest BCUT2D eigenvalue weighted by Crippen LogP contribution is -2.49. The molecule has 0 spiro atoms.